The highest BCUT2D eigenvalue weighted by Gasteiger charge is 2.30. The predicted octanol–water partition coefficient (Wildman–Crippen LogP) is 3.25. The zero-order valence-corrected chi connectivity index (χ0v) is 17.9. The summed E-state index contributed by atoms with van der Waals surface area (Å²) in [7, 11) is 3.18. The third-order valence-electron chi connectivity index (χ3n) is 6.24. The summed E-state index contributed by atoms with van der Waals surface area (Å²) in [6.07, 6.45) is -0.642. The molecule has 0 radical (unpaired) electrons. The molecule has 0 saturated heterocycles. The molecule has 0 aliphatic carbocycles. The molecule has 4 rings (SSSR count). The van der Waals surface area contributed by atoms with E-state index in [4.69, 9.17) is 9.47 Å². The average Bonchev–Trinajstić information content (AvgIpc) is 2.76. The second-order valence-corrected chi connectivity index (χ2v) is 8.17. The number of fused-ring (bicyclic) bond motifs is 6. The highest BCUT2D eigenvalue weighted by molar-refractivity contribution is 6.12. The van der Waals surface area contributed by atoms with Crippen molar-refractivity contribution in [3.8, 4) is 11.5 Å². The van der Waals surface area contributed by atoms with Gasteiger partial charge in [0.05, 0.1) is 33.5 Å². The van der Waals surface area contributed by atoms with E-state index >= 15 is 0 Å². The molecule has 3 aromatic rings. The molecule has 0 amide bonds. The number of hydrogen-bond acceptors (Lipinski definition) is 6. The second-order valence-electron chi connectivity index (χ2n) is 8.17. The number of hydrogen-bond donors (Lipinski definition) is 3. The number of benzene rings is 3. The first-order valence-electron chi connectivity index (χ1n) is 10.2. The van der Waals surface area contributed by atoms with Gasteiger partial charge in [-0.25, -0.2) is 0 Å². The minimum absolute atomic E-state index is 0.137. The van der Waals surface area contributed by atoms with Gasteiger partial charge in [0.2, 0.25) is 0 Å². The zero-order chi connectivity index (χ0) is 21.6. The molecule has 1 heterocycles. The molecule has 0 saturated carbocycles. The smallest absolute Gasteiger partial charge is 0.125 e. The van der Waals surface area contributed by atoms with Gasteiger partial charge in [0.15, 0.2) is 0 Å². The van der Waals surface area contributed by atoms with Crippen molar-refractivity contribution in [1.82, 2.24) is 4.90 Å². The number of aliphatic hydroxyl groups is 3. The van der Waals surface area contributed by atoms with Crippen molar-refractivity contribution in [3.05, 3.63) is 46.5 Å². The van der Waals surface area contributed by atoms with Crippen LogP contribution in [0.3, 0.4) is 0 Å². The van der Waals surface area contributed by atoms with Crippen LogP contribution in [0, 0.1) is 0 Å². The maximum Gasteiger partial charge on any atom is 0.125 e. The van der Waals surface area contributed by atoms with Gasteiger partial charge in [-0.05, 0) is 70.8 Å². The van der Waals surface area contributed by atoms with Crippen LogP contribution >= 0.6 is 0 Å². The highest BCUT2D eigenvalue weighted by Crippen LogP contribution is 2.44. The largest absolute Gasteiger partial charge is 0.496 e. The molecule has 6 nitrogen and oxygen atoms in total. The van der Waals surface area contributed by atoms with Crippen LogP contribution in [0.1, 0.15) is 42.2 Å². The topological polar surface area (TPSA) is 82.4 Å². The molecule has 0 fully saturated rings. The van der Waals surface area contributed by atoms with Crippen LogP contribution in [0.25, 0.3) is 21.5 Å². The fourth-order valence-corrected chi connectivity index (χ4v) is 4.63. The van der Waals surface area contributed by atoms with Crippen LogP contribution < -0.4 is 9.47 Å². The molecule has 1 aliphatic heterocycles. The second kappa shape index (κ2) is 8.04. The molecule has 160 valence electrons. The van der Waals surface area contributed by atoms with E-state index in [1.54, 1.807) is 14.2 Å². The Bertz CT molecular complexity index is 1110. The Morgan fingerprint density at radius 2 is 1.43 bits per heavy atom. The molecule has 0 bridgehead atoms. The lowest BCUT2D eigenvalue weighted by Crippen LogP contribution is -2.38. The standard InChI is InChI=1S/C24H29NO5/c1-13(2)25-9-20-18-7-22(29-3)14(11-26)5-16(18)17-6-15(12-27)23(30-4)8-19(17)24(20)21(28)10-25/h5-8,13,21,26-28H,9-12H2,1-4H3. The number of ether oxygens (including phenoxy) is 2. The van der Waals surface area contributed by atoms with Gasteiger partial charge in [-0.2, -0.15) is 0 Å². The van der Waals surface area contributed by atoms with Crippen LogP contribution in [0.5, 0.6) is 11.5 Å². The van der Waals surface area contributed by atoms with Crippen molar-refractivity contribution in [2.45, 2.75) is 45.8 Å². The molecule has 1 atom stereocenters. The van der Waals surface area contributed by atoms with Gasteiger partial charge in [-0.3, -0.25) is 4.90 Å². The normalized spacial score (nSPS) is 17.0. The number of β-amino-alcohol motifs (C(OH)–C–C–N with tert-alkyl or cyclic N) is 1. The molecule has 1 aliphatic rings. The minimum Gasteiger partial charge on any atom is -0.496 e. The van der Waals surface area contributed by atoms with Crippen molar-refractivity contribution in [1.29, 1.82) is 0 Å². The summed E-state index contributed by atoms with van der Waals surface area (Å²) in [5.74, 6) is 1.22. The average molecular weight is 411 g/mol. The van der Waals surface area contributed by atoms with Crippen molar-refractivity contribution in [2.75, 3.05) is 20.8 Å². The maximum absolute atomic E-state index is 11.2. The zero-order valence-electron chi connectivity index (χ0n) is 17.9. The number of rotatable bonds is 5. The van der Waals surface area contributed by atoms with Crippen molar-refractivity contribution in [3.63, 3.8) is 0 Å². The quantitative estimate of drug-likeness (QED) is 0.559. The minimum atomic E-state index is -0.642. The Kier molecular flexibility index (Phi) is 5.59. The van der Waals surface area contributed by atoms with E-state index in [1.165, 1.54) is 0 Å². The third kappa shape index (κ3) is 3.20. The molecule has 30 heavy (non-hydrogen) atoms. The Morgan fingerprint density at radius 1 is 0.900 bits per heavy atom. The number of aliphatic hydroxyl groups excluding tert-OH is 3. The van der Waals surface area contributed by atoms with E-state index in [9.17, 15) is 15.3 Å². The Labute approximate surface area is 176 Å². The van der Waals surface area contributed by atoms with E-state index < -0.39 is 6.10 Å². The molecule has 0 spiro atoms. The highest BCUT2D eigenvalue weighted by atomic mass is 16.5. The summed E-state index contributed by atoms with van der Waals surface area (Å²) in [6, 6.07) is 8.04. The van der Waals surface area contributed by atoms with Crippen molar-refractivity contribution in [2.24, 2.45) is 0 Å². The van der Waals surface area contributed by atoms with Gasteiger partial charge < -0.3 is 24.8 Å². The Morgan fingerprint density at radius 3 is 1.93 bits per heavy atom. The lowest BCUT2D eigenvalue weighted by molar-refractivity contribution is 0.0762. The molecule has 3 N–H and O–H groups in total. The van der Waals surface area contributed by atoms with Crippen LogP contribution in [-0.4, -0.2) is 47.0 Å². The monoisotopic (exact) mass is 411 g/mol. The molecule has 6 heteroatoms. The van der Waals surface area contributed by atoms with Crippen LogP contribution in [0.15, 0.2) is 24.3 Å². The lowest BCUT2D eigenvalue weighted by Gasteiger charge is -2.36. The molecular formula is C24H29NO5. The maximum atomic E-state index is 11.2. The Balaban J connectivity index is 2.17. The SMILES string of the molecule is COc1cc2c3c(c4cc(OC)c(CO)cc4c2cc1CO)C(O)CN(C(C)C)C3. The summed E-state index contributed by atoms with van der Waals surface area (Å²) in [5.41, 5.74) is 3.34. The molecule has 0 aromatic heterocycles. The fraction of sp³-hybridized carbons (Fsp3) is 0.417. The number of nitrogens with zero attached hydrogens (tertiary/aromatic N) is 1. The summed E-state index contributed by atoms with van der Waals surface area (Å²) in [5, 5.41) is 34.7. The molecule has 3 aromatic carbocycles. The van der Waals surface area contributed by atoms with Crippen LogP contribution in [0.2, 0.25) is 0 Å². The summed E-state index contributed by atoms with van der Waals surface area (Å²) < 4.78 is 11.0. The van der Waals surface area contributed by atoms with E-state index in [-0.39, 0.29) is 13.2 Å². The first-order valence-corrected chi connectivity index (χ1v) is 10.2. The van der Waals surface area contributed by atoms with Crippen LogP contribution in [-0.2, 0) is 19.8 Å². The van der Waals surface area contributed by atoms with E-state index in [0.717, 1.165) is 32.7 Å². The van der Waals surface area contributed by atoms with E-state index in [0.29, 0.717) is 41.8 Å². The summed E-state index contributed by atoms with van der Waals surface area (Å²) >= 11 is 0. The van der Waals surface area contributed by atoms with Gasteiger partial charge in [0, 0.05) is 30.3 Å². The van der Waals surface area contributed by atoms with E-state index in [1.807, 2.05) is 24.3 Å². The predicted molar refractivity (Wildman–Crippen MR) is 117 cm³/mol. The van der Waals surface area contributed by atoms with Crippen molar-refractivity contribution < 1.29 is 24.8 Å². The van der Waals surface area contributed by atoms with E-state index in [2.05, 4.69) is 18.7 Å². The first kappa shape index (κ1) is 20.9. The molecular weight excluding hydrogens is 382 g/mol. The van der Waals surface area contributed by atoms with Crippen LogP contribution in [0.4, 0.5) is 0 Å². The Hall–Kier alpha value is -2.38. The van der Waals surface area contributed by atoms with Gasteiger partial charge in [-0.1, -0.05) is 0 Å². The fourth-order valence-electron chi connectivity index (χ4n) is 4.63. The molecule has 1 unspecified atom stereocenters. The van der Waals surface area contributed by atoms with Gasteiger partial charge in [0.25, 0.3) is 0 Å². The van der Waals surface area contributed by atoms with Gasteiger partial charge in [-0.15, -0.1) is 0 Å². The third-order valence-corrected chi connectivity index (χ3v) is 6.24. The first-order chi connectivity index (χ1) is 14.4. The van der Waals surface area contributed by atoms with Gasteiger partial charge >= 0.3 is 0 Å². The summed E-state index contributed by atoms with van der Waals surface area (Å²) in [6.45, 7) is 5.24. The van der Waals surface area contributed by atoms with Crippen molar-refractivity contribution >= 4 is 21.5 Å². The lowest BCUT2D eigenvalue weighted by atomic mass is 9.84. The van der Waals surface area contributed by atoms with Gasteiger partial charge in [0.1, 0.15) is 11.5 Å². The summed E-state index contributed by atoms with van der Waals surface area (Å²) in [4.78, 5) is 2.25. The number of methoxy groups -OCH3 is 2.